The van der Waals surface area contributed by atoms with Gasteiger partial charge in [-0.15, -0.1) is 0 Å². The van der Waals surface area contributed by atoms with Gasteiger partial charge in [0.15, 0.2) is 0 Å². The average molecular weight is 271 g/mol. The number of hydrogen-bond donors (Lipinski definition) is 1. The second-order valence-electron chi connectivity index (χ2n) is 5.71. The van der Waals surface area contributed by atoms with Crippen LogP contribution in [0.25, 0.3) is 11.1 Å². The third kappa shape index (κ3) is 1.78. The average Bonchev–Trinajstić information content (AvgIpc) is 2.56. The minimum atomic E-state index is -0.202. The Morgan fingerprint density at radius 3 is 2.10 bits per heavy atom. The van der Waals surface area contributed by atoms with E-state index in [9.17, 15) is 0 Å². The highest BCUT2D eigenvalue weighted by atomic mass is 15.0. The van der Waals surface area contributed by atoms with Gasteiger partial charge in [0.2, 0.25) is 0 Å². The Hall–Kier alpha value is -2.54. The smallest absolute Gasteiger partial charge is 0.0857 e. The van der Waals surface area contributed by atoms with E-state index in [1.807, 2.05) is 0 Å². The van der Waals surface area contributed by atoms with E-state index in [0.717, 1.165) is 0 Å². The van der Waals surface area contributed by atoms with Gasteiger partial charge in [-0.2, -0.15) is 0 Å². The highest BCUT2D eigenvalue weighted by molar-refractivity contribution is 5.85. The molecule has 0 spiro atoms. The molecule has 0 bridgehead atoms. The SMILES string of the molecule is CC1(c2ccccc2)Nc2ccccc2-c2ccccc21. The highest BCUT2D eigenvalue weighted by Gasteiger charge is 2.35. The van der Waals surface area contributed by atoms with Crippen molar-refractivity contribution in [1.29, 1.82) is 0 Å². The molecule has 3 aromatic rings. The summed E-state index contributed by atoms with van der Waals surface area (Å²) in [5.41, 5.74) is 6.20. The molecule has 1 nitrogen and oxygen atoms in total. The predicted molar refractivity (Wildman–Crippen MR) is 88.4 cm³/mol. The number of anilines is 1. The topological polar surface area (TPSA) is 12.0 Å². The third-order valence-corrected chi connectivity index (χ3v) is 4.42. The maximum Gasteiger partial charge on any atom is 0.0857 e. The molecule has 1 heterocycles. The first-order chi connectivity index (χ1) is 10.3. The zero-order valence-electron chi connectivity index (χ0n) is 12.0. The summed E-state index contributed by atoms with van der Waals surface area (Å²) >= 11 is 0. The van der Waals surface area contributed by atoms with E-state index in [2.05, 4.69) is 91.1 Å². The molecule has 0 saturated carbocycles. The second kappa shape index (κ2) is 4.49. The van der Waals surface area contributed by atoms with Gasteiger partial charge < -0.3 is 5.32 Å². The highest BCUT2D eigenvalue weighted by Crippen LogP contribution is 2.45. The van der Waals surface area contributed by atoms with E-state index in [-0.39, 0.29) is 5.54 Å². The van der Waals surface area contributed by atoms with E-state index in [4.69, 9.17) is 0 Å². The van der Waals surface area contributed by atoms with Crippen LogP contribution in [0.3, 0.4) is 0 Å². The molecule has 0 saturated heterocycles. The van der Waals surface area contributed by atoms with Crippen LogP contribution in [0.5, 0.6) is 0 Å². The van der Waals surface area contributed by atoms with Gasteiger partial charge in [-0.05, 0) is 29.7 Å². The van der Waals surface area contributed by atoms with Crippen molar-refractivity contribution in [3.05, 3.63) is 90.0 Å². The van der Waals surface area contributed by atoms with Crippen molar-refractivity contribution in [1.82, 2.24) is 0 Å². The Bertz CT molecular complexity index is 792. The zero-order valence-corrected chi connectivity index (χ0v) is 12.0. The number of hydrogen-bond acceptors (Lipinski definition) is 1. The molecule has 0 aliphatic carbocycles. The predicted octanol–water partition coefficient (Wildman–Crippen LogP) is 5.04. The van der Waals surface area contributed by atoms with Gasteiger partial charge in [0.05, 0.1) is 5.54 Å². The lowest BCUT2D eigenvalue weighted by atomic mass is 9.77. The van der Waals surface area contributed by atoms with Crippen LogP contribution in [0, 0.1) is 0 Å². The molecule has 1 unspecified atom stereocenters. The van der Waals surface area contributed by atoms with Crippen LogP contribution in [0.2, 0.25) is 0 Å². The first-order valence-corrected chi connectivity index (χ1v) is 7.32. The summed E-state index contributed by atoms with van der Waals surface area (Å²) in [7, 11) is 0. The van der Waals surface area contributed by atoms with Gasteiger partial charge in [0.1, 0.15) is 0 Å². The number of rotatable bonds is 1. The summed E-state index contributed by atoms with van der Waals surface area (Å²) in [6.45, 7) is 2.26. The van der Waals surface area contributed by atoms with Gasteiger partial charge in [-0.1, -0.05) is 72.8 Å². The number of fused-ring (bicyclic) bond motifs is 3. The zero-order chi connectivity index (χ0) is 14.3. The quantitative estimate of drug-likeness (QED) is 0.653. The number of benzene rings is 3. The summed E-state index contributed by atoms with van der Waals surface area (Å²) in [6, 6.07) is 27.9. The van der Waals surface area contributed by atoms with Crippen molar-refractivity contribution in [3.63, 3.8) is 0 Å². The monoisotopic (exact) mass is 271 g/mol. The van der Waals surface area contributed by atoms with Gasteiger partial charge >= 0.3 is 0 Å². The van der Waals surface area contributed by atoms with Crippen molar-refractivity contribution in [2.45, 2.75) is 12.5 Å². The maximum absolute atomic E-state index is 3.75. The summed E-state index contributed by atoms with van der Waals surface area (Å²) in [5.74, 6) is 0. The van der Waals surface area contributed by atoms with E-state index >= 15 is 0 Å². The summed E-state index contributed by atoms with van der Waals surface area (Å²) in [4.78, 5) is 0. The van der Waals surface area contributed by atoms with Gasteiger partial charge in [-0.3, -0.25) is 0 Å². The van der Waals surface area contributed by atoms with Gasteiger partial charge in [0.25, 0.3) is 0 Å². The maximum atomic E-state index is 3.75. The Kier molecular flexibility index (Phi) is 2.61. The second-order valence-corrected chi connectivity index (χ2v) is 5.71. The molecule has 0 amide bonds. The van der Waals surface area contributed by atoms with Gasteiger partial charge in [-0.25, -0.2) is 0 Å². The number of nitrogens with one attached hydrogen (secondary N) is 1. The molecule has 1 aliphatic heterocycles. The molecule has 0 fully saturated rings. The van der Waals surface area contributed by atoms with Crippen molar-refractivity contribution in [3.8, 4) is 11.1 Å². The molecule has 21 heavy (non-hydrogen) atoms. The molecule has 0 aromatic heterocycles. The Labute approximate surface area is 125 Å². The van der Waals surface area contributed by atoms with E-state index in [0.29, 0.717) is 0 Å². The number of para-hydroxylation sites is 1. The lowest BCUT2D eigenvalue weighted by Gasteiger charge is -2.39. The van der Waals surface area contributed by atoms with Crippen molar-refractivity contribution < 1.29 is 0 Å². The van der Waals surface area contributed by atoms with Gasteiger partial charge in [0, 0.05) is 11.3 Å². The van der Waals surface area contributed by atoms with E-state index in [1.54, 1.807) is 0 Å². The fourth-order valence-electron chi connectivity index (χ4n) is 3.32. The Morgan fingerprint density at radius 2 is 1.29 bits per heavy atom. The van der Waals surface area contributed by atoms with Crippen LogP contribution < -0.4 is 5.32 Å². The first-order valence-electron chi connectivity index (χ1n) is 7.32. The molecule has 3 aromatic carbocycles. The normalized spacial score (nSPS) is 19.3. The molecular weight excluding hydrogens is 254 g/mol. The van der Waals surface area contributed by atoms with Crippen LogP contribution in [0.15, 0.2) is 78.9 Å². The molecule has 1 heteroatoms. The van der Waals surface area contributed by atoms with Crippen LogP contribution in [0.4, 0.5) is 5.69 Å². The lowest BCUT2D eigenvalue weighted by Crippen LogP contribution is -2.36. The van der Waals surface area contributed by atoms with Crippen molar-refractivity contribution >= 4 is 5.69 Å². The molecular formula is C20H17N. The largest absolute Gasteiger partial charge is 0.371 e. The van der Waals surface area contributed by atoms with Crippen molar-refractivity contribution in [2.24, 2.45) is 0 Å². The Balaban J connectivity index is 2.01. The molecule has 1 atom stereocenters. The van der Waals surface area contributed by atoms with E-state index < -0.39 is 0 Å². The van der Waals surface area contributed by atoms with Crippen molar-refractivity contribution in [2.75, 3.05) is 5.32 Å². The summed E-state index contributed by atoms with van der Waals surface area (Å²) in [6.07, 6.45) is 0. The van der Waals surface area contributed by atoms with Crippen LogP contribution in [-0.4, -0.2) is 0 Å². The molecule has 0 radical (unpaired) electrons. The fourth-order valence-corrected chi connectivity index (χ4v) is 3.32. The summed E-state index contributed by atoms with van der Waals surface area (Å²) < 4.78 is 0. The molecule has 1 N–H and O–H groups in total. The first kappa shape index (κ1) is 12.2. The molecule has 4 rings (SSSR count). The molecule has 102 valence electrons. The fraction of sp³-hybridized carbons (Fsp3) is 0.100. The molecule has 1 aliphatic rings. The Morgan fingerprint density at radius 1 is 0.667 bits per heavy atom. The van der Waals surface area contributed by atoms with Crippen LogP contribution in [-0.2, 0) is 5.54 Å². The van der Waals surface area contributed by atoms with Crippen LogP contribution >= 0.6 is 0 Å². The third-order valence-electron chi connectivity index (χ3n) is 4.42. The standard InChI is InChI=1S/C20H17N/c1-20(15-9-3-2-4-10-15)18-13-7-5-11-16(18)17-12-6-8-14-19(17)21-20/h2-14,21H,1H3. The minimum Gasteiger partial charge on any atom is -0.371 e. The lowest BCUT2D eigenvalue weighted by molar-refractivity contribution is 0.656. The van der Waals surface area contributed by atoms with E-state index in [1.165, 1.54) is 27.9 Å². The van der Waals surface area contributed by atoms with Crippen LogP contribution in [0.1, 0.15) is 18.1 Å². The minimum absolute atomic E-state index is 0.202. The summed E-state index contributed by atoms with van der Waals surface area (Å²) in [5, 5.41) is 3.75.